The number of para-hydroxylation sites is 1. The number of rotatable bonds is 4. The highest BCUT2D eigenvalue weighted by atomic mass is 19.1. The standard InChI is InChI=1S/C24H25FN4O3/c25-19-7-3-4-8-20(19)29-21(26-27-24(29)31)15-16-9-12-28(13-10-16)23(30)22-18-6-2-1-5-17(18)11-14-32-22/h1-8,16,22H,9-15H2,(H,27,31). The van der Waals surface area contributed by atoms with Gasteiger partial charge in [-0.25, -0.2) is 18.9 Å². The second kappa shape index (κ2) is 8.70. The maximum atomic E-state index is 14.3. The molecule has 1 saturated heterocycles. The minimum atomic E-state index is -0.533. The molecule has 5 rings (SSSR count). The molecule has 2 aliphatic heterocycles. The quantitative estimate of drug-likeness (QED) is 0.682. The number of aromatic amines is 1. The van der Waals surface area contributed by atoms with Gasteiger partial charge in [0.25, 0.3) is 5.91 Å². The number of hydrogen-bond acceptors (Lipinski definition) is 4. The molecule has 0 radical (unpaired) electrons. The number of ether oxygens (including phenoxy) is 1. The summed E-state index contributed by atoms with van der Waals surface area (Å²) < 4.78 is 21.4. The highest BCUT2D eigenvalue weighted by Crippen LogP contribution is 2.30. The second-order valence-electron chi connectivity index (χ2n) is 8.40. The number of hydrogen-bond donors (Lipinski definition) is 1. The zero-order chi connectivity index (χ0) is 22.1. The van der Waals surface area contributed by atoms with Gasteiger partial charge in [-0.15, -0.1) is 0 Å². The summed E-state index contributed by atoms with van der Waals surface area (Å²) in [7, 11) is 0. The molecule has 0 aliphatic carbocycles. The SMILES string of the molecule is O=C(C1OCCc2ccccc21)N1CCC(Cc2n[nH]c(=O)n2-c2ccccc2F)CC1. The lowest BCUT2D eigenvalue weighted by atomic mass is 9.91. The van der Waals surface area contributed by atoms with Crippen LogP contribution in [0.15, 0.2) is 53.3 Å². The summed E-state index contributed by atoms with van der Waals surface area (Å²) in [6, 6.07) is 14.1. The van der Waals surface area contributed by atoms with Gasteiger partial charge in [-0.1, -0.05) is 36.4 Å². The molecular weight excluding hydrogens is 411 g/mol. The maximum absolute atomic E-state index is 14.3. The van der Waals surface area contributed by atoms with E-state index in [0.717, 1.165) is 24.8 Å². The summed E-state index contributed by atoms with van der Waals surface area (Å²) in [6.45, 7) is 1.80. The van der Waals surface area contributed by atoms with Crippen LogP contribution in [0, 0.1) is 11.7 Å². The van der Waals surface area contributed by atoms with Crippen LogP contribution < -0.4 is 5.69 Å². The summed E-state index contributed by atoms with van der Waals surface area (Å²) in [5, 5.41) is 6.58. The Bertz CT molecular complexity index is 1180. The molecule has 3 heterocycles. The smallest absolute Gasteiger partial charge is 0.348 e. The number of aromatic nitrogens is 3. The fourth-order valence-electron chi connectivity index (χ4n) is 4.73. The van der Waals surface area contributed by atoms with Gasteiger partial charge in [0.15, 0.2) is 6.10 Å². The Balaban J connectivity index is 1.26. The number of benzene rings is 2. The Morgan fingerprint density at radius 3 is 2.69 bits per heavy atom. The fourth-order valence-corrected chi connectivity index (χ4v) is 4.73. The number of fused-ring (bicyclic) bond motifs is 1. The summed E-state index contributed by atoms with van der Waals surface area (Å²) in [4.78, 5) is 27.3. The molecule has 166 valence electrons. The maximum Gasteiger partial charge on any atom is 0.348 e. The van der Waals surface area contributed by atoms with Gasteiger partial charge in [-0.05, 0) is 48.4 Å². The van der Waals surface area contributed by atoms with E-state index in [-0.39, 0.29) is 17.5 Å². The minimum Gasteiger partial charge on any atom is -0.363 e. The number of nitrogens with one attached hydrogen (secondary N) is 1. The topological polar surface area (TPSA) is 80.2 Å². The van der Waals surface area contributed by atoms with Crippen molar-refractivity contribution in [2.45, 2.75) is 31.8 Å². The zero-order valence-electron chi connectivity index (χ0n) is 17.7. The zero-order valence-corrected chi connectivity index (χ0v) is 17.7. The Labute approximate surface area is 184 Å². The number of halogens is 1. The highest BCUT2D eigenvalue weighted by molar-refractivity contribution is 5.83. The van der Waals surface area contributed by atoms with E-state index in [2.05, 4.69) is 16.3 Å². The number of nitrogens with zero attached hydrogens (tertiary/aromatic N) is 3. The third-order valence-corrected chi connectivity index (χ3v) is 6.45. The summed E-state index contributed by atoms with van der Waals surface area (Å²) in [6.07, 6.45) is 2.42. The Morgan fingerprint density at radius 1 is 1.12 bits per heavy atom. The van der Waals surface area contributed by atoms with Crippen molar-refractivity contribution in [2.24, 2.45) is 5.92 Å². The Kier molecular flexibility index (Phi) is 5.61. The third kappa shape index (κ3) is 3.86. The van der Waals surface area contributed by atoms with Gasteiger partial charge in [-0.3, -0.25) is 4.79 Å². The van der Waals surface area contributed by atoms with Crippen LogP contribution in [-0.2, 0) is 22.4 Å². The first-order valence-corrected chi connectivity index (χ1v) is 11.0. The van der Waals surface area contributed by atoms with Crippen molar-refractivity contribution < 1.29 is 13.9 Å². The van der Waals surface area contributed by atoms with Crippen molar-refractivity contribution in [3.05, 3.63) is 81.8 Å². The molecule has 2 aliphatic rings. The molecule has 8 heteroatoms. The Hall–Kier alpha value is -3.26. The number of likely N-dealkylation sites (tertiary alicyclic amines) is 1. The molecule has 1 aromatic heterocycles. The third-order valence-electron chi connectivity index (χ3n) is 6.45. The van der Waals surface area contributed by atoms with Crippen molar-refractivity contribution >= 4 is 5.91 Å². The number of carbonyl (C=O) groups is 1. The molecule has 2 aromatic carbocycles. The molecule has 1 fully saturated rings. The first-order valence-electron chi connectivity index (χ1n) is 11.0. The summed E-state index contributed by atoms with van der Waals surface area (Å²) in [5.74, 6) is 0.304. The van der Waals surface area contributed by atoms with Crippen LogP contribution in [0.25, 0.3) is 5.69 Å². The molecule has 0 spiro atoms. The lowest BCUT2D eigenvalue weighted by molar-refractivity contribution is -0.146. The van der Waals surface area contributed by atoms with Crippen LogP contribution in [0.3, 0.4) is 0 Å². The van der Waals surface area contributed by atoms with Gasteiger partial charge in [0, 0.05) is 19.5 Å². The van der Waals surface area contributed by atoms with Gasteiger partial charge in [0.05, 0.1) is 12.3 Å². The van der Waals surface area contributed by atoms with E-state index in [0.29, 0.717) is 31.9 Å². The second-order valence-corrected chi connectivity index (χ2v) is 8.40. The van der Waals surface area contributed by atoms with Crippen LogP contribution in [0.2, 0.25) is 0 Å². The molecule has 1 atom stereocenters. The van der Waals surface area contributed by atoms with Crippen LogP contribution >= 0.6 is 0 Å². The Morgan fingerprint density at radius 2 is 1.88 bits per heavy atom. The van der Waals surface area contributed by atoms with Crippen molar-refractivity contribution in [3.8, 4) is 5.69 Å². The number of H-pyrrole nitrogens is 1. The average molecular weight is 436 g/mol. The monoisotopic (exact) mass is 436 g/mol. The van der Waals surface area contributed by atoms with Crippen molar-refractivity contribution in [1.82, 2.24) is 19.7 Å². The van der Waals surface area contributed by atoms with Crippen molar-refractivity contribution in [2.75, 3.05) is 19.7 Å². The molecule has 1 N–H and O–H groups in total. The molecule has 0 bridgehead atoms. The van der Waals surface area contributed by atoms with E-state index in [9.17, 15) is 14.0 Å². The number of carbonyl (C=O) groups excluding carboxylic acids is 1. The van der Waals surface area contributed by atoms with E-state index < -0.39 is 17.6 Å². The molecule has 1 unspecified atom stereocenters. The van der Waals surface area contributed by atoms with Gasteiger partial charge < -0.3 is 9.64 Å². The van der Waals surface area contributed by atoms with Crippen LogP contribution in [0.1, 0.15) is 35.9 Å². The van der Waals surface area contributed by atoms with E-state index in [4.69, 9.17) is 4.74 Å². The molecular formula is C24H25FN4O3. The predicted molar refractivity (Wildman–Crippen MR) is 116 cm³/mol. The predicted octanol–water partition coefficient (Wildman–Crippen LogP) is 2.79. The normalized spacial score (nSPS) is 19.0. The highest BCUT2D eigenvalue weighted by Gasteiger charge is 2.33. The molecule has 3 aromatic rings. The average Bonchev–Trinajstić information content (AvgIpc) is 3.18. The minimum absolute atomic E-state index is 0.0126. The number of piperidine rings is 1. The first-order chi connectivity index (χ1) is 15.6. The molecule has 0 saturated carbocycles. The van der Waals surface area contributed by atoms with Gasteiger partial charge in [0.2, 0.25) is 0 Å². The van der Waals surface area contributed by atoms with Gasteiger partial charge in [0.1, 0.15) is 11.6 Å². The van der Waals surface area contributed by atoms with E-state index in [1.165, 1.54) is 16.2 Å². The van der Waals surface area contributed by atoms with Gasteiger partial charge >= 0.3 is 5.69 Å². The summed E-state index contributed by atoms with van der Waals surface area (Å²) >= 11 is 0. The van der Waals surface area contributed by atoms with Crippen molar-refractivity contribution in [3.63, 3.8) is 0 Å². The van der Waals surface area contributed by atoms with E-state index >= 15 is 0 Å². The van der Waals surface area contributed by atoms with Crippen LogP contribution in [0.5, 0.6) is 0 Å². The van der Waals surface area contributed by atoms with E-state index in [1.807, 2.05) is 23.1 Å². The van der Waals surface area contributed by atoms with Crippen LogP contribution in [-0.4, -0.2) is 45.3 Å². The van der Waals surface area contributed by atoms with E-state index in [1.54, 1.807) is 18.2 Å². The fraction of sp³-hybridized carbons (Fsp3) is 0.375. The van der Waals surface area contributed by atoms with Crippen LogP contribution in [0.4, 0.5) is 4.39 Å². The van der Waals surface area contributed by atoms with Gasteiger partial charge in [-0.2, -0.15) is 5.10 Å². The number of amides is 1. The lowest BCUT2D eigenvalue weighted by Crippen LogP contribution is -2.43. The molecule has 32 heavy (non-hydrogen) atoms. The van der Waals surface area contributed by atoms with Crippen molar-refractivity contribution in [1.29, 1.82) is 0 Å². The molecule has 7 nitrogen and oxygen atoms in total. The molecule has 1 amide bonds. The lowest BCUT2D eigenvalue weighted by Gasteiger charge is -2.35. The first kappa shape index (κ1) is 20.6. The summed E-state index contributed by atoms with van der Waals surface area (Å²) in [5.41, 5.74) is 1.89. The largest absolute Gasteiger partial charge is 0.363 e.